The molecule has 0 atom stereocenters. The predicted octanol–water partition coefficient (Wildman–Crippen LogP) is 4.18. The summed E-state index contributed by atoms with van der Waals surface area (Å²) in [6, 6.07) is 0. The number of halogens is 1. The Labute approximate surface area is 131 Å². The third-order valence-electron chi connectivity index (χ3n) is 3.20. The van der Waals surface area contributed by atoms with Gasteiger partial charge in [0, 0.05) is 26.3 Å². The minimum Gasteiger partial charge on any atom is -0.357 e. The lowest BCUT2D eigenvalue weighted by molar-refractivity contribution is 0.532. The Morgan fingerprint density at radius 1 is 1.15 bits per heavy atom. The second kappa shape index (κ2) is 8.45. The molecule has 1 N–H and O–H groups in total. The van der Waals surface area contributed by atoms with Crippen LogP contribution in [-0.4, -0.2) is 30.1 Å². The van der Waals surface area contributed by atoms with E-state index in [2.05, 4.69) is 63.8 Å². The lowest BCUT2D eigenvalue weighted by Gasteiger charge is -2.26. The number of hydrogen-bond acceptors (Lipinski definition) is 4. The molecule has 5 heteroatoms. The van der Waals surface area contributed by atoms with Gasteiger partial charge in [-0.15, -0.1) is 0 Å². The van der Waals surface area contributed by atoms with Gasteiger partial charge in [0.15, 0.2) is 0 Å². The van der Waals surface area contributed by atoms with Crippen molar-refractivity contribution in [2.45, 2.75) is 40.5 Å². The minimum absolute atomic E-state index is 0.669. The molecule has 20 heavy (non-hydrogen) atoms. The molecule has 114 valence electrons. The van der Waals surface area contributed by atoms with Crippen molar-refractivity contribution < 1.29 is 0 Å². The maximum Gasteiger partial charge on any atom is 0.224 e. The van der Waals surface area contributed by atoms with E-state index in [1.165, 1.54) is 12.8 Å². The van der Waals surface area contributed by atoms with E-state index in [-0.39, 0.29) is 0 Å². The first-order valence-electron chi connectivity index (χ1n) is 7.39. The van der Waals surface area contributed by atoms with Crippen molar-refractivity contribution in [2.24, 2.45) is 11.8 Å². The first-order valence-corrected chi connectivity index (χ1v) is 8.18. The Bertz CT molecular complexity index is 395. The van der Waals surface area contributed by atoms with Crippen LogP contribution in [0.4, 0.5) is 11.8 Å². The van der Waals surface area contributed by atoms with Crippen molar-refractivity contribution in [1.29, 1.82) is 0 Å². The molecule has 0 saturated heterocycles. The second-order valence-electron chi connectivity index (χ2n) is 5.97. The Morgan fingerprint density at radius 3 is 2.15 bits per heavy atom. The van der Waals surface area contributed by atoms with E-state index in [4.69, 9.17) is 0 Å². The summed E-state index contributed by atoms with van der Waals surface area (Å²) in [6.07, 6.45) is 4.17. The Balaban J connectivity index is 2.89. The van der Waals surface area contributed by atoms with Crippen molar-refractivity contribution in [3.8, 4) is 0 Å². The van der Waals surface area contributed by atoms with Gasteiger partial charge in [0.1, 0.15) is 5.82 Å². The van der Waals surface area contributed by atoms with E-state index in [1.807, 2.05) is 13.2 Å². The van der Waals surface area contributed by atoms with Crippen LogP contribution in [-0.2, 0) is 0 Å². The number of anilines is 2. The van der Waals surface area contributed by atoms with Gasteiger partial charge in [0.25, 0.3) is 0 Å². The smallest absolute Gasteiger partial charge is 0.224 e. The molecule has 0 bridgehead atoms. The molecule has 0 fully saturated rings. The number of rotatable bonds is 8. The number of hydrogen-bond donors (Lipinski definition) is 1. The molecule has 0 amide bonds. The highest BCUT2D eigenvalue weighted by Crippen LogP contribution is 2.25. The number of aromatic nitrogens is 2. The van der Waals surface area contributed by atoms with Crippen molar-refractivity contribution in [2.75, 3.05) is 30.4 Å². The first kappa shape index (κ1) is 17.2. The molecule has 0 aromatic carbocycles. The summed E-state index contributed by atoms with van der Waals surface area (Å²) < 4.78 is 0.962. The normalized spacial score (nSPS) is 11.2. The Hall–Kier alpha value is -0.840. The molecule has 0 saturated carbocycles. The Kier molecular flexibility index (Phi) is 7.27. The van der Waals surface area contributed by atoms with Crippen LogP contribution in [0.25, 0.3) is 0 Å². The van der Waals surface area contributed by atoms with E-state index < -0.39 is 0 Å². The Morgan fingerprint density at radius 2 is 1.70 bits per heavy atom. The van der Waals surface area contributed by atoms with Gasteiger partial charge in [-0.2, -0.15) is 4.98 Å². The van der Waals surface area contributed by atoms with Gasteiger partial charge in [-0.3, -0.25) is 0 Å². The van der Waals surface area contributed by atoms with Crippen molar-refractivity contribution in [3.63, 3.8) is 0 Å². The fourth-order valence-corrected chi connectivity index (χ4v) is 2.29. The number of nitrogens with zero attached hydrogens (tertiary/aromatic N) is 3. The van der Waals surface area contributed by atoms with Crippen LogP contribution in [0.3, 0.4) is 0 Å². The van der Waals surface area contributed by atoms with Crippen LogP contribution in [0.1, 0.15) is 40.5 Å². The van der Waals surface area contributed by atoms with Crippen molar-refractivity contribution in [1.82, 2.24) is 9.97 Å². The molecule has 0 aliphatic heterocycles. The molecule has 1 aromatic heterocycles. The molecule has 1 rings (SSSR count). The monoisotopic (exact) mass is 342 g/mol. The fraction of sp³-hybridized carbons (Fsp3) is 0.733. The van der Waals surface area contributed by atoms with Crippen LogP contribution >= 0.6 is 15.9 Å². The van der Waals surface area contributed by atoms with E-state index in [0.29, 0.717) is 17.8 Å². The lowest BCUT2D eigenvalue weighted by Crippen LogP contribution is -2.29. The summed E-state index contributed by atoms with van der Waals surface area (Å²) in [7, 11) is 1.85. The first-order chi connectivity index (χ1) is 9.43. The standard InChI is InChI=1S/C15H27BrN4/c1-11(2)6-8-20(9-7-12(3)4)14-13(16)10-18-15(17-5)19-14/h10-12H,6-9H2,1-5H3,(H,17,18,19). The molecule has 1 heterocycles. The van der Waals surface area contributed by atoms with Crippen molar-refractivity contribution >= 4 is 27.7 Å². The molecular weight excluding hydrogens is 316 g/mol. The van der Waals surface area contributed by atoms with E-state index >= 15 is 0 Å². The maximum absolute atomic E-state index is 4.60. The summed E-state index contributed by atoms with van der Waals surface area (Å²) >= 11 is 3.58. The van der Waals surface area contributed by atoms with Gasteiger partial charge in [-0.25, -0.2) is 4.98 Å². The summed E-state index contributed by atoms with van der Waals surface area (Å²) in [6.45, 7) is 11.1. The highest BCUT2D eigenvalue weighted by molar-refractivity contribution is 9.10. The van der Waals surface area contributed by atoms with Crippen LogP contribution in [0.2, 0.25) is 0 Å². The predicted molar refractivity (Wildman–Crippen MR) is 90.4 cm³/mol. The van der Waals surface area contributed by atoms with Gasteiger partial charge in [-0.05, 0) is 40.6 Å². The molecule has 0 aliphatic rings. The van der Waals surface area contributed by atoms with Gasteiger partial charge in [0.05, 0.1) is 4.47 Å². The van der Waals surface area contributed by atoms with Crippen LogP contribution in [0, 0.1) is 11.8 Å². The maximum atomic E-state index is 4.60. The van der Waals surface area contributed by atoms with Gasteiger partial charge in [0.2, 0.25) is 5.95 Å². The van der Waals surface area contributed by atoms with Crippen LogP contribution in [0.15, 0.2) is 10.7 Å². The van der Waals surface area contributed by atoms with Crippen LogP contribution < -0.4 is 10.2 Å². The zero-order valence-electron chi connectivity index (χ0n) is 13.3. The largest absolute Gasteiger partial charge is 0.357 e. The molecule has 0 spiro atoms. The topological polar surface area (TPSA) is 41.1 Å². The lowest BCUT2D eigenvalue weighted by atomic mass is 10.1. The summed E-state index contributed by atoms with van der Waals surface area (Å²) in [5, 5.41) is 3.01. The molecule has 1 aromatic rings. The van der Waals surface area contributed by atoms with E-state index in [1.54, 1.807) is 0 Å². The average molecular weight is 343 g/mol. The zero-order chi connectivity index (χ0) is 15.1. The van der Waals surface area contributed by atoms with Gasteiger partial charge < -0.3 is 10.2 Å². The fourth-order valence-electron chi connectivity index (χ4n) is 1.85. The van der Waals surface area contributed by atoms with Crippen molar-refractivity contribution in [3.05, 3.63) is 10.7 Å². The minimum atomic E-state index is 0.669. The van der Waals surface area contributed by atoms with Gasteiger partial charge >= 0.3 is 0 Å². The van der Waals surface area contributed by atoms with Crippen LogP contribution in [0.5, 0.6) is 0 Å². The summed E-state index contributed by atoms with van der Waals surface area (Å²) in [4.78, 5) is 11.2. The molecule has 0 aliphatic carbocycles. The quantitative estimate of drug-likeness (QED) is 0.769. The van der Waals surface area contributed by atoms with E-state index in [9.17, 15) is 0 Å². The third-order valence-corrected chi connectivity index (χ3v) is 3.76. The van der Waals surface area contributed by atoms with E-state index in [0.717, 1.165) is 23.4 Å². The summed E-state index contributed by atoms with van der Waals surface area (Å²) in [5.74, 6) is 3.05. The average Bonchev–Trinajstić information content (AvgIpc) is 2.39. The molecule has 0 radical (unpaired) electrons. The second-order valence-corrected chi connectivity index (χ2v) is 6.82. The SMILES string of the molecule is CNc1ncc(Br)c(N(CCC(C)C)CCC(C)C)n1. The highest BCUT2D eigenvalue weighted by Gasteiger charge is 2.14. The number of nitrogens with one attached hydrogen (secondary N) is 1. The molecule has 0 unspecified atom stereocenters. The molecular formula is C15H27BrN4. The summed E-state index contributed by atoms with van der Waals surface area (Å²) in [5.41, 5.74) is 0. The zero-order valence-corrected chi connectivity index (χ0v) is 14.9. The molecule has 4 nitrogen and oxygen atoms in total. The highest BCUT2D eigenvalue weighted by atomic mass is 79.9. The van der Waals surface area contributed by atoms with Gasteiger partial charge in [-0.1, -0.05) is 27.7 Å². The third kappa shape index (κ3) is 5.65.